The van der Waals surface area contributed by atoms with Gasteiger partial charge in [0.25, 0.3) is 0 Å². The molecular formula is C24H24O3. The number of aryl methyl sites for hydroxylation is 2. The van der Waals surface area contributed by atoms with Crippen molar-refractivity contribution in [1.29, 1.82) is 0 Å². The lowest BCUT2D eigenvalue weighted by atomic mass is 9.93. The fourth-order valence-electron chi connectivity index (χ4n) is 3.36. The van der Waals surface area contributed by atoms with Crippen molar-refractivity contribution >= 4 is 6.29 Å². The van der Waals surface area contributed by atoms with Crippen molar-refractivity contribution < 1.29 is 14.6 Å². The summed E-state index contributed by atoms with van der Waals surface area (Å²) in [4.78, 5) is 10.5. The molecule has 3 heteroatoms. The molecule has 0 spiro atoms. The fraction of sp³-hybridized carbons (Fsp3) is 0.208. The Balaban J connectivity index is 1.83. The van der Waals surface area contributed by atoms with Crippen LogP contribution in [0.15, 0.2) is 60.7 Å². The zero-order valence-corrected chi connectivity index (χ0v) is 15.7. The minimum atomic E-state index is 0.0685. The van der Waals surface area contributed by atoms with Gasteiger partial charge in [0, 0.05) is 6.42 Å². The zero-order chi connectivity index (χ0) is 19.2. The number of aldehydes is 1. The van der Waals surface area contributed by atoms with Crippen molar-refractivity contribution in [2.45, 2.75) is 26.7 Å². The molecular weight excluding hydrogens is 336 g/mol. The number of carbonyl (C=O) groups excluding carboxylic acids is 1. The topological polar surface area (TPSA) is 46.5 Å². The zero-order valence-electron chi connectivity index (χ0n) is 15.7. The Labute approximate surface area is 160 Å². The van der Waals surface area contributed by atoms with E-state index >= 15 is 0 Å². The number of ether oxygens (including phenoxy) is 1. The lowest BCUT2D eigenvalue weighted by Gasteiger charge is -2.14. The molecule has 3 aromatic rings. The lowest BCUT2D eigenvalue weighted by molar-refractivity contribution is -0.109. The maximum absolute atomic E-state index is 10.5. The van der Waals surface area contributed by atoms with Gasteiger partial charge < -0.3 is 9.84 Å². The maximum atomic E-state index is 10.5. The number of carbonyl (C=O) groups is 1. The van der Waals surface area contributed by atoms with Crippen LogP contribution < -0.4 is 4.74 Å². The molecule has 0 saturated heterocycles. The van der Waals surface area contributed by atoms with Crippen LogP contribution >= 0.6 is 0 Å². The lowest BCUT2D eigenvalue weighted by Crippen LogP contribution is -2.02. The molecule has 0 aliphatic heterocycles. The van der Waals surface area contributed by atoms with Gasteiger partial charge in [0.2, 0.25) is 0 Å². The van der Waals surface area contributed by atoms with E-state index in [0.29, 0.717) is 12.2 Å². The summed E-state index contributed by atoms with van der Waals surface area (Å²) in [6.45, 7) is 4.18. The molecule has 0 bridgehead atoms. The number of hydrogen-bond donors (Lipinski definition) is 1. The molecule has 0 heterocycles. The van der Waals surface area contributed by atoms with Crippen LogP contribution in [0.5, 0.6) is 11.5 Å². The van der Waals surface area contributed by atoms with Crippen molar-refractivity contribution in [3.63, 3.8) is 0 Å². The normalized spacial score (nSPS) is 10.6. The van der Waals surface area contributed by atoms with Crippen LogP contribution in [0.3, 0.4) is 0 Å². The van der Waals surface area contributed by atoms with Crippen molar-refractivity contribution in [3.05, 3.63) is 94.0 Å². The minimum Gasteiger partial charge on any atom is -0.508 e. The van der Waals surface area contributed by atoms with E-state index < -0.39 is 0 Å². The highest BCUT2D eigenvalue weighted by molar-refractivity contribution is 5.52. The number of benzene rings is 3. The molecule has 138 valence electrons. The third kappa shape index (κ3) is 4.76. The van der Waals surface area contributed by atoms with Gasteiger partial charge in [0.15, 0.2) is 6.29 Å². The first-order chi connectivity index (χ1) is 13.1. The summed E-state index contributed by atoms with van der Waals surface area (Å²) in [5.74, 6) is 1.05. The summed E-state index contributed by atoms with van der Waals surface area (Å²) in [6.07, 6.45) is 2.24. The molecule has 0 atom stereocenters. The first-order valence-electron chi connectivity index (χ1n) is 9.08. The highest BCUT2D eigenvalue weighted by Crippen LogP contribution is 2.27. The molecule has 0 amide bonds. The highest BCUT2D eigenvalue weighted by atomic mass is 16.5. The van der Waals surface area contributed by atoms with E-state index in [-0.39, 0.29) is 6.61 Å². The molecule has 0 aliphatic rings. The van der Waals surface area contributed by atoms with E-state index in [4.69, 9.17) is 4.74 Å². The van der Waals surface area contributed by atoms with E-state index in [0.717, 1.165) is 40.7 Å². The predicted octanol–water partition coefficient (Wildman–Crippen LogP) is 4.77. The van der Waals surface area contributed by atoms with Crippen LogP contribution in [-0.2, 0) is 17.6 Å². The molecule has 1 N–H and O–H groups in total. The van der Waals surface area contributed by atoms with Crippen LogP contribution in [0.25, 0.3) is 0 Å². The van der Waals surface area contributed by atoms with Crippen molar-refractivity contribution in [2.24, 2.45) is 0 Å². The van der Waals surface area contributed by atoms with Crippen LogP contribution in [0.1, 0.15) is 33.4 Å². The second-order valence-electron chi connectivity index (χ2n) is 6.82. The number of hydrogen-bond acceptors (Lipinski definition) is 3. The molecule has 3 rings (SSSR count). The number of rotatable bonds is 7. The summed E-state index contributed by atoms with van der Waals surface area (Å²) in [5, 5.41) is 10.2. The summed E-state index contributed by atoms with van der Waals surface area (Å²) in [7, 11) is 0. The molecule has 0 unspecified atom stereocenters. The van der Waals surface area contributed by atoms with E-state index in [1.165, 1.54) is 11.1 Å². The third-order valence-corrected chi connectivity index (χ3v) is 4.75. The van der Waals surface area contributed by atoms with Gasteiger partial charge in [-0.3, -0.25) is 4.79 Å². The van der Waals surface area contributed by atoms with Crippen LogP contribution in [0, 0.1) is 13.8 Å². The van der Waals surface area contributed by atoms with Crippen LogP contribution in [-0.4, -0.2) is 18.0 Å². The molecule has 0 aromatic heterocycles. The Morgan fingerprint density at radius 2 is 1.59 bits per heavy atom. The van der Waals surface area contributed by atoms with E-state index in [9.17, 15) is 9.90 Å². The van der Waals surface area contributed by atoms with E-state index in [2.05, 4.69) is 32.0 Å². The van der Waals surface area contributed by atoms with E-state index in [1.54, 1.807) is 6.07 Å². The molecule has 0 radical (unpaired) electrons. The first-order valence-corrected chi connectivity index (χ1v) is 9.08. The van der Waals surface area contributed by atoms with Gasteiger partial charge >= 0.3 is 0 Å². The second-order valence-corrected chi connectivity index (χ2v) is 6.82. The smallest absolute Gasteiger partial charge is 0.157 e. The van der Waals surface area contributed by atoms with E-state index in [1.807, 2.05) is 36.4 Å². The van der Waals surface area contributed by atoms with Gasteiger partial charge in [0.1, 0.15) is 18.1 Å². The Hall–Kier alpha value is -3.07. The third-order valence-electron chi connectivity index (χ3n) is 4.75. The maximum Gasteiger partial charge on any atom is 0.157 e. The van der Waals surface area contributed by atoms with Gasteiger partial charge in [-0.05, 0) is 71.8 Å². The number of phenolic OH excluding ortho intramolecular Hbond substituents is 1. The molecule has 3 aromatic carbocycles. The first kappa shape index (κ1) is 18.7. The summed E-state index contributed by atoms with van der Waals surface area (Å²) < 4.78 is 5.42. The Kier molecular flexibility index (Phi) is 5.92. The number of phenols is 1. The molecule has 0 saturated carbocycles. The minimum absolute atomic E-state index is 0.0685. The Morgan fingerprint density at radius 3 is 2.26 bits per heavy atom. The average Bonchev–Trinajstić information content (AvgIpc) is 2.66. The molecule has 0 aliphatic carbocycles. The largest absolute Gasteiger partial charge is 0.508 e. The fourth-order valence-corrected chi connectivity index (χ4v) is 3.36. The Morgan fingerprint density at radius 1 is 0.889 bits per heavy atom. The van der Waals surface area contributed by atoms with Gasteiger partial charge in [-0.15, -0.1) is 0 Å². The highest BCUT2D eigenvalue weighted by Gasteiger charge is 2.10. The van der Waals surface area contributed by atoms with Gasteiger partial charge in [-0.2, -0.15) is 0 Å². The monoisotopic (exact) mass is 360 g/mol. The van der Waals surface area contributed by atoms with Crippen molar-refractivity contribution in [2.75, 3.05) is 6.61 Å². The van der Waals surface area contributed by atoms with Crippen LogP contribution in [0.4, 0.5) is 0 Å². The number of aromatic hydroxyl groups is 1. The molecule has 27 heavy (non-hydrogen) atoms. The molecule has 0 fully saturated rings. The van der Waals surface area contributed by atoms with Gasteiger partial charge in [-0.25, -0.2) is 0 Å². The Bertz CT molecular complexity index is 907. The summed E-state index contributed by atoms with van der Waals surface area (Å²) in [6, 6.07) is 19.9. The predicted molar refractivity (Wildman–Crippen MR) is 108 cm³/mol. The average molecular weight is 360 g/mol. The van der Waals surface area contributed by atoms with Crippen molar-refractivity contribution in [1.82, 2.24) is 0 Å². The summed E-state index contributed by atoms with van der Waals surface area (Å²) >= 11 is 0. The van der Waals surface area contributed by atoms with Gasteiger partial charge in [-0.1, -0.05) is 42.5 Å². The quantitative estimate of drug-likeness (QED) is 0.618. The second kappa shape index (κ2) is 8.54. The standard InChI is InChI=1S/C24H24O3/c1-17-12-22(27-11-10-25)13-18(2)23(17)16-20-8-9-24(26)21(15-20)14-19-6-4-3-5-7-19/h3-10,12-13,15,26H,11,14,16H2,1-2H3. The van der Waals surface area contributed by atoms with Crippen LogP contribution in [0.2, 0.25) is 0 Å². The van der Waals surface area contributed by atoms with Gasteiger partial charge in [0.05, 0.1) is 0 Å². The SMILES string of the molecule is Cc1cc(OCC=O)cc(C)c1Cc1ccc(O)c(Cc2ccccc2)c1. The van der Waals surface area contributed by atoms with Crippen molar-refractivity contribution in [3.8, 4) is 11.5 Å². The molecule has 3 nitrogen and oxygen atoms in total. The summed E-state index contributed by atoms with van der Waals surface area (Å²) in [5.41, 5.74) is 6.77.